The van der Waals surface area contributed by atoms with Crippen LogP contribution in [0, 0.1) is 5.92 Å². The monoisotopic (exact) mass is 416 g/mol. The molecule has 1 aromatic carbocycles. The summed E-state index contributed by atoms with van der Waals surface area (Å²) in [7, 11) is 1.71. The van der Waals surface area contributed by atoms with Crippen LogP contribution < -0.4 is 10.1 Å². The van der Waals surface area contributed by atoms with Crippen LogP contribution in [0.2, 0.25) is 0 Å². The van der Waals surface area contributed by atoms with Gasteiger partial charge in [0.1, 0.15) is 11.4 Å². The first-order valence-electron chi connectivity index (χ1n) is 10.7. The summed E-state index contributed by atoms with van der Waals surface area (Å²) in [5, 5.41) is 3.21. The molecule has 6 nitrogen and oxygen atoms in total. The molecule has 4 rings (SSSR count). The van der Waals surface area contributed by atoms with Crippen LogP contribution in [0.3, 0.4) is 0 Å². The van der Waals surface area contributed by atoms with Gasteiger partial charge in [0.2, 0.25) is 0 Å². The predicted octanol–water partition coefficient (Wildman–Crippen LogP) is 3.87. The molecule has 0 unspecified atom stereocenters. The molecule has 2 aromatic heterocycles. The number of hydrogen-bond donors (Lipinski definition) is 1. The van der Waals surface area contributed by atoms with Crippen molar-refractivity contribution in [3.05, 3.63) is 90.0 Å². The van der Waals surface area contributed by atoms with Crippen LogP contribution in [0.1, 0.15) is 40.6 Å². The number of nitrogens with zero attached hydrogens (tertiary/aromatic N) is 3. The molecule has 0 bridgehead atoms. The van der Waals surface area contributed by atoms with E-state index in [-0.39, 0.29) is 17.9 Å². The highest BCUT2D eigenvalue weighted by molar-refractivity contribution is 5.92. The van der Waals surface area contributed by atoms with E-state index in [1.54, 1.807) is 25.6 Å². The summed E-state index contributed by atoms with van der Waals surface area (Å²) in [6, 6.07) is 19.2. The van der Waals surface area contributed by atoms with Crippen LogP contribution in [-0.2, 0) is 6.54 Å². The molecule has 3 heterocycles. The Morgan fingerprint density at radius 3 is 2.61 bits per heavy atom. The summed E-state index contributed by atoms with van der Waals surface area (Å²) in [5.41, 5.74) is 2.48. The minimum atomic E-state index is -0.170. The molecular weight excluding hydrogens is 388 g/mol. The summed E-state index contributed by atoms with van der Waals surface area (Å²) < 4.78 is 5.53. The smallest absolute Gasteiger partial charge is 0.270 e. The van der Waals surface area contributed by atoms with Crippen LogP contribution in [0.25, 0.3) is 0 Å². The zero-order valence-electron chi connectivity index (χ0n) is 17.8. The van der Waals surface area contributed by atoms with E-state index in [4.69, 9.17) is 4.74 Å². The summed E-state index contributed by atoms with van der Waals surface area (Å²) >= 11 is 0. The Morgan fingerprint density at radius 2 is 1.87 bits per heavy atom. The summed E-state index contributed by atoms with van der Waals surface area (Å²) in [6.07, 6.45) is 5.53. The maximum absolute atomic E-state index is 12.9. The average Bonchev–Trinajstić information content (AvgIpc) is 2.84. The van der Waals surface area contributed by atoms with Gasteiger partial charge in [-0.2, -0.15) is 0 Å². The predicted molar refractivity (Wildman–Crippen MR) is 120 cm³/mol. The molecule has 1 fully saturated rings. The second kappa shape index (κ2) is 10.2. The molecule has 1 aliphatic rings. The van der Waals surface area contributed by atoms with Crippen LogP contribution in [0.4, 0.5) is 0 Å². The lowest BCUT2D eigenvalue weighted by Crippen LogP contribution is -2.43. The van der Waals surface area contributed by atoms with Gasteiger partial charge in [-0.15, -0.1) is 0 Å². The number of nitrogens with one attached hydrogen (secondary N) is 1. The van der Waals surface area contributed by atoms with Gasteiger partial charge in [-0.3, -0.25) is 19.7 Å². The second-order valence-corrected chi connectivity index (χ2v) is 7.87. The molecule has 0 radical (unpaired) electrons. The lowest BCUT2D eigenvalue weighted by molar-refractivity contribution is 0.0869. The van der Waals surface area contributed by atoms with Crippen molar-refractivity contribution in [2.45, 2.75) is 25.4 Å². The number of carbonyl (C=O) groups excluding carboxylic acids is 1. The molecule has 3 aromatic rings. The third-order valence-corrected chi connectivity index (χ3v) is 5.79. The Balaban J connectivity index is 1.52. The molecule has 1 aliphatic heterocycles. The number of aromatic nitrogens is 2. The number of piperidine rings is 1. The molecule has 1 N–H and O–H groups in total. The van der Waals surface area contributed by atoms with Crippen LogP contribution in [-0.4, -0.2) is 41.0 Å². The fourth-order valence-electron chi connectivity index (χ4n) is 4.29. The van der Waals surface area contributed by atoms with Crippen molar-refractivity contribution in [3.8, 4) is 5.75 Å². The van der Waals surface area contributed by atoms with E-state index in [1.165, 1.54) is 5.56 Å². The van der Waals surface area contributed by atoms with Gasteiger partial charge in [-0.05, 0) is 55.6 Å². The lowest BCUT2D eigenvalue weighted by atomic mass is 9.88. The van der Waals surface area contributed by atoms with Crippen molar-refractivity contribution in [2.75, 3.05) is 20.2 Å². The first-order chi connectivity index (χ1) is 15.2. The zero-order valence-corrected chi connectivity index (χ0v) is 17.8. The fourth-order valence-corrected chi connectivity index (χ4v) is 4.29. The number of pyridine rings is 2. The molecule has 2 atom stereocenters. The molecule has 6 heteroatoms. The summed E-state index contributed by atoms with van der Waals surface area (Å²) in [6.45, 7) is 2.73. The minimum absolute atomic E-state index is 0.168. The highest BCUT2D eigenvalue weighted by Crippen LogP contribution is 2.31. The Labute approximate surface area is 183 Å². The van der Waals surface area contributed by atoms with Gasteiger partial charge in [0.05, 0.1) is 18.8 Å². The van der Waals surface area contributed by atoms with Crippen molar-refractivity contribution in [3.63, 3.8) is 0 Å². The zero-order chi connectivity index (χ0) is 21.5. The molecule has 1 saturated heterocycles. The molecule has 31 heavy (non-hydrogen) atoms. The van der Waals surface area contributed by atoms with Crippen LogP contribution in [0.15, 0.2) is 73.1 Å². The molecule has 0 saturated carbocycles. The van der Waals surface area contributed by atoms with Crippen molar-refractivity contribution in [2.24, 2.45) is 5.92 Å². The number of likely N-dealkylation sites (tertiary alicyclic amines) is 1. The number of benzene rings is 1. The minimum Gasteiger partial charge on any atom is -0.496 e. The largest absolute Gasteiger partial charge is 0.496 e. The summed E-state index contributed by atoms with van der Waals surface area (Å²) in [4.78, 5) is 24.1. The molecule has 1 amide bonds. The Morgan fingerprint density at radius 1 is 1.10 bits per heavy atom. The lowest BCUT2D eigenvalue weighted by Gasteiger charge is -2.37. The SMILES string of the molecule is COc1ccccc1CN1CCC[C@H]([C@@H](NC(=O)c2ccccn2)c2ccccn2)C1. The van der Waals surface area contributed by atoms with Crippen molar-refractivity contribution in [1.82, 2.24) is 20.2 Å². The van der Waals surface area contributed by atoms with E-state index in [1.807, 2.05) is 48.5 Å². The first kappa shape index (κ1) is 21.0. The van der Waals surface area contributed by atoms with Crippen molar-refractivity contribution >= 4 is 5.91 Å². The Kier molecular flexibility index (Phi) is 6.89. The number of para-hydroxylation sites is 1. The van der Waals surface area contributed by atoms with Gasteiger partial charge in [0.25, 0.3) is 5.91 Å². The summed E-state index contributed by atoms with van der Waals surface area (Å²) in [5.74, 6) is 0.999. The highest BCUT2D eigenvalue weighted by Gasteiger charge is 2.31. The van der Waals surface area contributed by atoms with Crippen LogP contribution in [0.5, 0.6) is 5.75 Å². The van der Waals surface area contributed by atoms with Gasteiger partial charge in [-0.25, -0.2) is 0 Å². The maximum atomic E-state index is 12.9. The van der Waals surface area contributed by atoms with E-state index in [0.717, 1.165) is 43.9 Å². The quantitative estimate of drug-likeness (QED) is 0.633. The maximum Gasteiger partial charge on any atom is 0.270 e. The highest BCUT2D eigenvalue weighted by atomic mass is 16.5. The Bertz CT molecular complexity index is 981. The molecule has 0 spiro atoms. The third-order valence-electron chi connectivity index (χ3n) is 5.79. The van der Waals surface area contributed by atoms with E-state index in [0.29, 0.717) is 5.69 Å². The number of ether oxygens (including phenoxy) is 1. The second-order valence-electron chi connectivity index (χ2n) is 7.87. The Hall–Kier alpha value is -3.25. The van der Waals surface area contributed by atoms with E-state index < -0.39 is 0 Å². The third kappa shape index (κ3) is 5.27. The standard InChI is InChI=1S/C25H28N4O2/c1-31-23-13-3-2-9-19(23)17-29-16-8-10-20(18-29)24(21-11-4-6-14-26-21)28-25(30)22-12-5-7-15-27-22/h2-7,9,11-15,20,24H,8,10,16-18H2,1H3,(H,28,30)/t20-,24+/m0/s1. The van der Waals surface area contributed by atoms with Gasteiger partial charge in [0, 0.05) is 31.0 Å². The first-order valence-corrected chi connectivity index (χ1v) is 10.7. The molecular formula is C25H28N4O2. The molecule has 0 aliphatic carbocycles. The van der Waals surface area contributed by atoms with Crippen LogP contribution >= 0.6 is 0 Å². The number of methoxy groups -OCH3 is 1. The normalized spacial score (nSPS) is 17.6. The van der Waals surface area contributed by atoms with Gasteiger partial charge >= 0.3 is 0 Å². The van der Waals surface area contributed by atoms with E-state index in [9.17, 15) is 4.79 Å². The number of hydrogen-bond acceptors (Lipinski definition) is 5. The topological polar surface area (TPSA) is 67.3 Å². The number of rotatable bonds is 7. The van der Waals surface area contributed by atoms with Gasteiger partial charge < -0.3 is 10.1 Å². The van der Waals surface area contributed by atoms with Crippen molar-refractivity contribution in [1.29, 1.82) is 0 Å². The number of amides is 1. The van der Waals surface area contributed by atoms with Crippen molar-refractivity contribution < 1.29 is 9.53 Å². The molecule has 160 valence electrons. The fraction of sp³-hybridized carbons (Fsp3) is 0.320. The van der Waals surface area contributed by atoms with E-state index >= 15 is 0 Å². The average molecular weight is 417 g/mol. The number of carbonyl (C=O) groups is 1. The van der Waals surface area contributed by atoms with Gasteiger partial charge in [0.15, 0.2) is 0 Å². The van der Waals surface area contributed by atoms with Gasteiger partial charge in [-0.1, -0.05) is 30.3 Å². The van der Waals surface area contributed by atoms with E-state index in [2.05, 4.69) is 26.3 Å².